The Balaban J connectivity index is 2.66. The Labute approximate surface area is 93.9 Å². The minimum atomic E-state index is -0.00560. The lowest BCUT2D eigenvalue weighted by Gasteiger charge is -2.10. The number of likely N-dealkylation sites (N-methyl/N-ethyl adjacent to an activating group) is 1. The summed E-state index contributed by atoms with van der Waals surface area (Å²) in [4.78, 5) is 16.3. The third kappa shape index (κ3) is 1.84. The maximum absolute atomic E-state index is 12.0. The van der Waals surface area contributed by atoms with Gasteiger partial charge in [-0.3, -0.25) is 4.79 Å². The van der Waals surface area contributed by atoms with Gasteiger partial charge in [0, 0.05) is 13.1 Å². The molecule has 1 aromatic heterocycles. The molecule has 0 unspecified atom stereocenters. The van der Waals surface area contributed by atoms with Crippen LogP contribution in [-0.2, 0) is 6.54 Å². The lowest BCUT2D eigenvalue weighted by atomic mass is 10.3. The van der Waals surface area contributed by atoms with Crippen molar-refractivity contribution in [1.29, 1.82) is 0 Å². The van der Waals surface area contributed by atoms with Gasteiger partial charge in [0.1, 0.15) is 5.69 Å². The molecule has 16 heavy (non-hydrogen) atoms. The molecule has 0 aliphatic rings. The van der Waals surface area contributed by atoms with Crippen LogP contribution in [0.5, 0.6) is 0 Å². The largest absolute Gasteiger partial charge is 0.318 e. The van der Waals surface area contributed by atoms with E-state index >= 15 is 0 Å². The SMILES string of the molecule is CNCCn1c(=O)c(C)nc2ccccc21. The average Bonchev–Trinajstić information content (AvgIpc) is 2.30. The van der Waals surface area contributed by atoms with Gasteiger partial charge in [0.15, 0.2) is 0 Å². The van der Waals surface area contributed by atoms with Crippen molar-refractivity contribution in [3.63, 3.8) is 0 Å². The zero-order chi connectivity index (χ0) is 11.5. The third-order valence-electron chi connectivity index (χ3n) is 2.60. The van der Waals surface area contributed by atoms with Crippen LogP contribution in [0.25, 0.3) is 11.0 Å². The van der Waals surface area contributed by atoms with Crippen LogP contribution in [0.15, 0.2) is 29.1 Å². The Morgan fingerprint density at radius 3 is 2.88 bits per heavy atom. The quantitative estimate of drug-likeness (QED) is 0.831. The highest BCUT2D eigenvalue weighted by molar-refractivity contribution is 5.74. The second kappa shape index (κ2) is 4.45. The van der Waals surface area contributed by atoms with Gasteiger partial charge in [0.2, 0.25) is 0 Å². The molecule has 4 nitrogen and oxygen atoms in total. The summed E-state index contributed by atoms with van der Waals surface area (Å²) in [5.41, 5.74) is 2.31. The van der Waals surface area contributed by atoms with Crippen molar-refractivity contribution >= 4 is 11.0 Å². The van der Waals surface area contributed by atoms with Crippen molar-refractivity contribution in [3.8, 4) is 0 Å². The maximum Gasteiger partial charge on any atom is 0.272 e. The second-order valence-electron chi connectivity index (χ2n) is 3.75. The molecule has 0 aliphatic heterocycles. The lowest BCUT2D eigenvalue weighted by Crippen LogP contribution is -2.28. The van der Waals surface area contributed by atoms with E-state index in [2.05, 4.69) is 10.3 Å². The molecule has 0 radical (unpaired) electrons. The number of hydrogen-bond donors (Lipinski definition) is 1. The minimum Gasteiger partial charge on any atom is -0.318 e. The first-order valence-electron chi connectivity index (χ1n) is 5.35. The van der Waals surface area contributed by atoms with E-state index in [4.69, 9.17) is 0 Å². The minimum absolute atomic E-state index is 0.00560. The number of benzene rings is 1. The predicted molar refractivity (Wildman–Crippen MR) is 64.7 cm³/mol. The van der Waals surface area contributed by atoms with Crippen LogP contribution in [0.2, 0.25) is 0 Å². The van der Waals surface area contributed by atoms with Gasteiger partial charge in [-0.15, -0.1) is 0 Å². The van der Waals surface area contributed by atoms with E-state index in [9.17, 15) is 4.79 Å². The molecular weight excluding hydrogens is 202 g/mol. The molecule has 2 aromatic rings. The predicted octanol–water partition coefficient (Wildman–Crippen LogP) is 0.924. The average molecular weight is 217 g/mol. The van der Waals surface area contributed by atoms with Gasteiger partial charge in [0.25, 0.3) is 5.56 Å². The Bertz CT molecular complexity index is 560. The second-order valence-corrected chi connectivity index (χ2v) is 3.75. The summed E-state index contributed by atoms with van der Waals surface area (Å²) < 4.78 is 1.77. The monoisotopic (exact) mass is 217 g/mol. The van der Waals surface area contributed by atoms with E-state index in [1.165, 1.54) is 0 Å². The number of rotatable bonds is 3. The lowest BCUT2D eigenvalue weighted by molar-refractivity contribution is 0.638. The molecule has 4 heteroatoms. The van der Waals surface area contributed by atoms with Gasteiger partial charge in [-0.05, 0) is 26.1 Å². The van der Waals surface area contributed by atoms with Gasteiger partial charge in [0.05, 0.1) is 11.0 Å². The molecule has 1 heterocycles. The molecule has 0 atom stereocenters. The Morgan fingerprint density at radius 2 is 2.12 bits per heavy atom. The maximum atomic E-state index is 12.0. The highest BCUT2D eigenvalue weighted by Crippen LogP contribution is 2.09. The van der Waals surface area contributed by atoms with E-state index in [0.29, 0.717) is 12.2 Å². The number of hydrogen-bond acceptors (Lipinski definition) is 3. The molecule has 0 aliphatic carbocycles. The fourth-order valence-electron chi connectivity index (χ4n) is 1.77. The highest BCUT2D eigenvalue weighted by Gasteiger charge is 2.06. The smallest absolute Gasteiger partial charge is 0.272 e. The molecule has 0 spiro atoms. The van der Waals surface area contributed by atoms with Gasteiger partial charge in [-0.25, -0.2) is 4.98 Å². The molecule has 0 amide bonds. The van der Waals surface area contributed by atoms with Crippen molar-refractivity contribution in [2.45, 2.75) is 13.5 Å². The molecule has 2 rings (SSSR count). The summed E-state index contributed by atoms with van der Waals surface area (Å²) in [6.45, 7) is 3.19. The van der Waals surface area contributed by atoms with E-state index in [0.717, 1.165) is 17.6 Å². The van der Waals surface area contributed by atoms with E-state index in [1.54, 1.807) is 11.5 Å². The van der Waals surface area contributed by atoms with Crippen LogP contribution in [-0.4, -0.2) is 23.1 Å². The van der Waals surface area contributed by atoms with Gasteiger partial charge in [-0.2, -0.15) is 0 Å². The molecule has 0 bridgehead atoms. The Hall–Kier alpha value is -1.68. The van der Waals surface area contributed by atoms with Crippen molar-refractivity contribution in [1.82, 2.24) is 14.9 Å². The molecular formula is C12H15N3O. The fourth-order valence-corrected chi connectivity index (χ4v) is 1.77. The summed E-state index contributed by atoms with van der Waals surface area (Å²) in [6.07, 6.45) is 0. The number of nitrogens with one attached hydrogen (secondary N) is 1. The van der Waals surface area contributed by atoms with E-state index < -0.39 is 0 Å². The molecule has 0 saturated heterocycles. The Morgan fingerprint density at radius 1 is 1.38 bits per heavy atom. The van der Waals surface area contributed by atoms with Gasteiger partial charge in [-0.1, -0.05) is 12.1 Å². The van der Waals surface area contributed by atoms with E-state index in [1.807, 2.05) is 31.3 Å². The molecule has 0 saturated carbocycles. The van der Waals surface area contributed by atoms with Gasteiger partial charge >= 0.3 is 0 Å². The molecule has 84 valence electrons. The van der Waals surface area contributed by atoms with Crippen molar-refractivity contribution in [2.75, 3.05) is 13.6 Å². The van der Waals surface area contributed by atoms with Crippen molar-refractivity contribution in [2.24, 2.45) is 0 Å². The van der Waals surface area contributed by atoms with Crippen LogP contribution in [0, 0.1) is 6.92 Å². The van der Waals surface area contributed by atoms with E-state index in [-0.39, 0.29) is 5.56 Å². The number of fused-ring (bicyclic) bond motifs is 1. The highest BCUT2D eigenvalue weighted by atomic mass is 16.1. The number of aryl methyl sites for hydroxylation is 1. The van der Waals surface area contributed by atoms with Crippen molar-refractivity contribution < 1.29 is 0 Å². The molecule has 0 fully saturated rings. The number of aromatic nitrogens is 2. The van der Waals surface area contributed by atoms with Crippen LogP contribution in [0.4, 0.5) is 0 Å². The topological polar surface area (TPSA) is 46.9 Å². The zero-order valence-corrected chi connectivity index (χ0v) is 9.53. The zero-order valence-electron chi connectivity index (χ0n) is 9.53. The van der Waals surface area contributed by atoms with Crippen LogP contribution in [0.1, 0.15) is 5.69 Å². The third-order valence-corrected chi connectivity index (χ3v) is 2.60. The normalized spacial score (nSPS) is 10.9. The number of para-hydroxylation sites is 2. The summed E-state index contributed by atoms with van der Waals surface area (Å²) in [5.74, 6) is 0. The summed E-state index contributed by atoms with van der Waals surface area (Å²) in [6, 6.07) is 7.72. The number of nitrogens with zero attached hydrogens (tertiary/aromatic N) is 2. The Kier molecular flexibility index (Phi) is 3.01. The summed E-state index contributed by atoms with van der Waals surface area (Å²) >= 11 is 0. The standard InChI is InChI=1S/C12H15N3O/c1-9-12(16)15(8-7-13-2)11-6-4-3-5-10(11)14-9/h3-6,13H,7-8H2,1-2H3. The first kappa shape index (κ1) is 10.8. The summed E-state index contributed by atoms with van der Waals surface area (Å²) in [7, 11) is 1.88. The fraction of sp³-hybridized carbons (Fsp3) is 0.333. The van der Waals surface area contributed by atoms with Crippen LogP contribution < -0.4 is 10.9 Å². The molecule has 1 aromatic carbocycles. The van der Waals surface area contributed by atoms with Crippen molar-refractivity contribution in [3.05, 3.63) is 40.3 Å². The van der Waals surface area contributed by atoms with Gasteiger partial charge < -0.3 is 9.88 Å². The first-order chi connectivity index (χ1) is 7.74. The van der Waals surface area contributed by atoms with Crippen LogP contribution >= 0.6 is 0 Å². The van der Waals surface area contributed by atoms with Crippen LogP contribution in [0.3, 0.4) is 0 Å². The summed E-state index contributed by atoms with van der Waals surface area (Å²) in [5, 5.41) is 3.05. The first-order valence-corrected chi connectivity index (χ1v) is 5.35. The molecule has 1 N–H and O–H groups in total.